The van der Waals surface area contributed by atoms with Gasteiger partial charge in [-0.05, 0) is 38.0 Å². The predicted octanol–water partition coefficient (Wildman–Crippen LogP) is 3.87. The molecule has 1 atom stereocenters. The monoisotopic (exact) mass is 432 g/mol. The van der Waals surface area contributed by atoms with Gasteiger partial charge in [0, 0.05) is 50.0 Å². The van der Waals surface area contributed by atoms with Crippen molar-refractivity contribution in [3.63, 3.8) is 0 Å². The molecule has 164 valence electrons. The molecule has 0 aliphatic rings. The molecule has 0 spiro atoms. The van der Waals surface area contributed by atoms with Crippen molar-refractivity contribution in [2.75, 3.05) is 7.05 Å². The highest BCUT2D eigenvalue weighted by atomic mass is 19.4. The minimum atomic E-state index is -4.47. The maximum Gasteiger partial charge on any atom is 0.419 e. The van der Waals surface area contributed by atoms with Crippen LogP contribution in [-0.2, 0) is 12.6 Å². The van der Waals surface area contributed by atoms with Gasteiger partial charge in [0.15, 0.2) is 5.69 Å². The van der Waals surface area contributed by atoms with Crippen molar-refractivity contribution in [2.45, 2.75) is 45.3 Å². The van der Waals surface area contributed by atoms with Gasteiger partial charge in [-0.3, -0.25) is 4.79 Å². The van der Waals surface area contributed by atoms with Crippen LogP contribution >= 0.6 is 0 Å². The molecule has 1 amide bonds. The zero-order valence-electron chi connectivity index (χ0n) is 17.5. The number of aromatic nitrogens is 5. The SMILES string of the molecule is CC[C@@H](CCc1ncc(C(F)(F)F)cn1)N(C)C(=O)c1nc(C)ccc1-n1cccn1. The molecular formula is C21H23F3N6O. The maximum absolute atomic E-state index is 13.2. The highest BCUT2D eigenvalue weighted by Gasteiger charge is 2.31. The molecule has 3 aromatic heterocycles. The number of hydrogen-bond donors (Lipinski definition) is 0. The quantitative estimate of drug-likeness (QED) is 0.567. The third kappa shape index (κ3) is 5.25. The standard InChI is InChI=1S/C21H23F3N6O/c1-4-16(7-9-18-25-12-15(13-26-18)21(22,23)24)29(3)20(31)19-17(8-6-14(2)28-19)30-11-5-10-27-30/h5-6,8,10-13,16H,4,7,9H2,1-3H3/t16-/m0/s1. The number of carbonyl (C=O) groups is 1. The fraction of sp³-hybridized carbons (Fsp3) is 0.381. The molecule has 0 aliphatic carbocycles. The van der Waals surface area contributed by atoms with Crippen molar-refractivity contribution < 1.29 is 18.0 Å². The van der Waals surface area contributed by atoms with Gasteiger partial charge in [-0.2, -0.15) is 18.3 Å². The normalized spacial score (nSPS) is 12.6. The van der Waals surface area contributed by atoms with Crippen molar-refractivity contribution in [2.24, 2.45) is 0 Å². The number of halogens is 3. The van der Waals surface area contributed by atoms with E-state index in [0.29, 0.717) is 36.5 Å². The van der Waals surface area contributed by atoms with Gasteiger partial charge in [-0.25, -0.2) is 19.6 Å². The number of nitrogens with zero attached hydrogens (tertiary/aromatic N) is 6. The lowest BCUT2D eigenvalue weighted by Crippen LogP contribution is -2.38. The van der Waals surface area contributed by atoms with Gasteiger partial charge >= 0.3 is 6.18 Å². The van der Waals surface area contributed by atoms with Gasteiger partial charge in [0.2, 0.25) is 0 Å². The van der Waals surface area contributed by atoms with Gasteiger partial charge in [0.05, 0.1) is 11.3 Å². The van der Waals surface area contributed by atoms with E-state index < -0.39 is 11.7 Å². The molecule has 0 bridgehead atoms. The summed E-state index contributed by atoms with van der Waals surface area (Å²) in [5.41, 5.74) is 0.690. The van der Waals surface area contributed by atoms with E-state index in [2.05, 4.69) is 20.1 Å². The second kappa shape index (κ2) is 9.23. The first kappa shape index (κ1) is 22.4. The molecule has 10 heteroatoms. The highest BCUT2D eigenvalue weighted by Crippen LogP contribution is 2.28. The topological polar surface area (TPSA) is 76.8 Å². The molecule has 3 rings (SSSR count). The van der Waals surface area contributed by atoms with E-state index in [1.54, 1.807) is 41.2 Å². The Hall–Kier alpha value is -3.30. The second-order valence-corrected chi connectivity index (χ2v) is 7.17. The average Bonchev–Trinajstić information content (AvgIpc) is 3.27. The third-order valence-corrected chi connectivity index (χ3v) is 5.04. The Morgan fingerprint density at radius 3 is 2.52 bits per heavy atom. The molecule has 0 saturated heterocycles. The first-order chi connectivity index (χ1) is 14.7. The van der Waals surface area contributed by atoms with Crippen molar-refractivity contribution in [3.05, 3.63) is 65.8 Å². The summed E-state index contributed by atoms with van der Waals surface area (Å²) in [5.74, 6) is 0.0487. The van der Waals surface area contributed by atoms with E-state index in [1.165, 1.54) is 0 Å². The van der Waals surface area contributed by atoms with Crippen molar-refractivity contribution in [3.8, 4) is 5.69 Å². The summed E-state index contributed by atoms with van der Waals surface area (Å²) in [6.07, 6.45) is 1.97. The summed E-state index contributed by atoms with van der Waals surface area (Å²) < 4.78 is 39.6. The first-order valence-corrected chi connectivity index (χ1v) is 9.83. The van der Waals surface area contributed by atoms with Crippen LogP contribution < -0.4 is 0 Å². The van der Waals surface area contributed by atoms with Crippen LogP contribution in [0.1, 0.15) is 47.3 Å². The molecular weight excluding hydrogens is 409 g/mol. The number of hydrogen-bond acceptors (Lipinski definition) is 5. The number of amides is 1. The molecule has 3 heterocycles. The minimum absolute atomic E-state index is 0.161. The fourth-order valence-corrected chi connectivity index (χ4v) is 3.23. The van der Waals surface area contributed by atoms with Crippen molar-refractivity contribution >= 4 is 5.91 Å². The van der Waals surface area contributed by atoms with Crippen LogP contribution in [0.25, 0.3) is 5.69 Å². The molecule has 3 aromatic rings. The number of alkyl halides is 3. The Labute approximate surface area is 178 Å². The molecule has 0 fully saturated rings. The molecule has 0 radical (unpaired) electrons. The Kier molecular flexibility index (Phi) is 6.67. The Morgan fingerprint density at radius 2 is 1.94 bits per heavy atom. The van der Waals surface area contributed by atoms with E-state index in [4.69, 9.17) is 0 Å². The fourth-order valence-electron chi connectivity index (χ4n) is 3.23. The zero-order valence-corrected chi connectivity index (χ0v) is 17.5. The highest BCUT2D eigenvalue weighted by molar-refractivity contribution is 5.95. The van der Waals surface area contributed by atoms with E-state index >= 15 is 0 Å². The predicted molar refractivity (Wildman–Crippen MR) is 108 cm³/mol. The molecule has 0 N–H and O–H groups in total. The second-order valence-electron chi connectivity index (χ2n) is 7.17. The van der Waals surface area contributed by atoms with Crippen LogP contribution in [0, 0.1) is 6.92 Å². The van der Waals surface area contributed by atoms with E-state index in [1.807, 2.05) is 19.9 Å². The van der Waals surface area contributed by atoms with Gasteiger partial charge in [0.1, 0.15) is 5.82 Å². The first-order valence-electron chi connectivity index (χ1n) is 9.83. The van der Waals surface area contributed by atoms with Gasteiger partial charge in [0.25, 0.3) is 5.91 Å². The molecule has 0 saturated carbocycles. The molecule has 0 unspecified atom stereocenters. The summed E-state index contributed by atoms with van der Waals surface area (Å²) in [5, 5.41) is 4.19. The lowest BCUT2D eigenvalue weighted by atomic mass is 10.1. The summed E-state index contributed by atoms with van der Waals surface area (Å²) in [6, 6.07) is 5.21. The summed E-state index contributed by atoms with van der Waals surface area (Å²) in [6.45, 7) is 3.75. The summed E-state index contributed by atoms with van der Waals surface area (Å²) in [7, 11) is 1.70. The number of rotatable bonds is 7. The average molecular weight is 432 g/mol. The molecule has 0 aliphatic heterocycles. The van der Waals surface area contributed by atoms with Crippen molar-refractivity contribution in [1.82, 2.24) is 29.6 Å². The smallest absolute Gasteiger partial charge is 0.337 e. The van der Waals surface area contributed by atoms with Crippen molar-refractivity contribution in [1.29, 1.82) is 0 Å². The maximum atomic E-state index is 13.2. The summed E-state index contributed by atoms with van der Waals surface area (Å²) in [4.78, 5) is 26.9. The van der Waals surface area contributed by atoms with Crippen LogP contribution in [0.4, 0.5) is 13.2 Å². The van der Waals surface area contributed by atoms with Gasteiger partial charge in [-0.1, -0.05) is 6.92 Å². The van der Waals surface area contributed by atoms with E-state index in [9.17, 15) is 18.0 Å². The summed E-state index contributed by atoms with van der Waals surface area (Å²) >= 11 is 0. The van der Waals surface area contributed by atoms with Crippen LogP contribution in [0.5, 0.6) is 0 Å². The lowest BCUT2D eigenvalue weighted by molar-refractivity contribution is -0.138. The minimum Gasteiger partial charge on any atom is -0.337 e. The largest absolute Gasteiger partial charge is 0.419 e. The number of aryl methyl sites for hydroxylation is 2. The number of pyridine rings is 1. The zero-order chi connectivity index (χ0) is 22.6. The van der Waals surface area contributed by atoms with Crippen LogP contribution in [0.3, 0.4) is 0 Å². The molecule has 7 nitrogen and oxygen atoms in total. The Bertz CT molecular complexity index is 1020. The van der Waals surface area contributed by atoms with Crippen LogP contribution in [-0.4, -0.2) is 48.6 Å². The molecule has 0 aromatic carbocycles. The third-order valence-electron chi connectivity index (χ3n) is 5.04. The van der Waals surface area contributed by atoms with E-state index in [0.717, 1.165) is 12.4 Å². The molecule has 31 heavy (non-hydrogen) atoms. The van der Waals surface area contributed by atoms with Gasteiger partial charge < -0.3 is 4.90 Å². The Balaban J connectivity index is 1.74. The van der Waals surface area contributed by atoms with Crippen LogP contribution in [0.15, 0.2) is 43.0 Å². The van der Waals surface area contributed by atoms with Crippen LogP contribution in [0.2, 0.25) is 0 Å². The van der Waals surface area contributed by atoms with E-state index in [-0.39, 0.29) is 17.6 Å². The number of carbonyl (C=O) groups excluding carboxylic acids is 1. The lowest BCUT2D eigenvalue weighted by Gasteiger charge is -2.27. The Morgan fingerprint density at radius 1 is 1.23 bits per heavy atom. The van der Waals surface area contributed by atoms with Gasteiger partial charge in [-0.15, -0.1) is 0 Å².